The second-order valence-corrected chi connectivity index (χ2v) is 10.1. The fraction of sp³-hybridized carbons (Fsp3) is 0.720. The first-order valence-electron chi connectivity index (χ1n) is 11.8. The summed E-state index contributed by atoms with van der Waals surface area (Å²) in [6.45, 7) is 15.3. The van der Waals surface area contributed by atoms with Crippen molar-refractivity contribution in [3.05, 3.63) is 35.4 Å². The van der Waals surface area contributed by atoms with Gasteiger partial charge in [-0.3, -0.25) is 9.89 Å². The molecule has 0 spiro atoms. The number of nitrogens with zero attached hydrogens (tertiary/aromatic N) is 2. The number of hydrogen-bond acceptors (Lipinski definition) is 4. The van der Waals surface area contributed by atoms with Crippen molar-refractivity contribution in [2.75, 3.05) is 39.9 Å². The number of guanidine groups is 1. The van der Waals surface area contributed by atoms with Crippen LogP contribution in [0.2, 0.25) is 0 Å². The van der Waals surface area contributed by atoms with Crippen LogP contribution in [0.4, 0.5) is 0 Å². The van der Waals surface area contributed by atoms with Gasteiger partial charge in [0.25, 0.3) is 0 Å². The molecule has 2 aliphatic rings. The molecule has 2 aliphatic heterocycles. The predicted molar refractivity (Wildman–Crippen MR) is 127 cm³/mol. The number of morpholine rings is 1. The third-order valence-electron chi connectivity index (χ3n) is 6.24. The number of hydrogen-bond donors (Lipinski definition) is 2. The summed E-state index contributed by atoms with van der Waals surface area (Å²) in [5.74, 6) is 1.36. The van der Waals surface area contributed by atoms with Crippen LogP contribution in [-0.4, -0.2) is 63.0 Å². The molecule has 31 heavy (non-hydrogen) atoms. The summed E-state index contributed by atoms with van der Waals surface area (Å²) in [6, 6.07) is 8.84. The predicted octanol–water partition coefficient (Wildman–Crippen LogP) is 3.41. The summed E-state index contributed by atoms with van der Waals surface area (Å²) in [4.78, 5) is 6.90. The van der Waals surface area contributed by atoms with Crippen molar-refractivity contribution in [1.29, 1.82) is 0 Å². The summed E-state index contributed by atoms with van der Waals surface area (Å²) in [7, 11) is 1.84. The quantitative estimate of drug-likeness (QED) is 0.535. The standard InChI is InChI=1S/C25H42N4O2/c1-19-17-29(11-13-30-19)18-21-9-6-8-20(14-21)15-27-24(26-5)28-16-22-10-7-12-31-23(22)25(2,3)4/h6,8-9,14,19,22-23H,7,10-13,15-18H2,1-5H3,(H2,26,27,28). The Labute approximate surface area is 188 Å². The molecule has 1 aromatic carbocycles. The zero-order valence-corrected chi connectivity index (χ0v) is 20.1. The molecule has 6 heteroatoms. The second kappa shape index (κ2) is 11.3. The van der Waals surface area contributed by atoms with Gasteiger partial charge in [-0.1, -0.05) is 45.0 Å². The number of ether oxygens (including phenoxy) is 2. The van der Waals surface area contributed by atoms with E-state index in [2.05, 4.69) is 72.5 Å². The third-order valence-corrected chi connectivity index (χ3v) is 6.24. The summed E-state index contributed by atoms with van der Waals surface area (Å²) in [5, 5.41) is 7.01. The molecule has 2 heterocycles. The average Bonchev–Trinajstić information content (AvgIpc) is 2.74. The van der Waals surface area contributed by atoms with Gasteiger partial charge in [0.15, 0.2) is 5.96 Å². The van der Waals surface area contributed by atoms with Gasteiger partial charge in [-0.05, 0) is 36.3 Å². The molecule has 2 fully saturated rings. The molecule has 3 unspecified atom stereocenters. The third kappa shape index (κ3) is 7.48. The van der Waals surface area contributed by atoms with Crippen LogP contribution in [0.25, 0.3) is 0 Å². The van der Waals surface area contributed by atoms with Crippen LogP contribution in [0.5, 0.6) is 0 Å². The molecule has 3 atom stereocenters. The number of nitrogens with one attached hydrogen (secondary N) is 2. The van der Waals surface area contributed by atoms with Crippen molar-refractivity contribution >= 4 is 5.96 Å². The Morgan fingerprint density at radius 1 is 1.16 bits per heavy atom. The van der Waals surface area contributed by atoms with E-state index in [1.165, 1.54) is 17.5 Å². The van der Waals surface area contributed by atoms with Gasteiger partial charge in [0, 0.05) is 52.3 Å². The monoisotopic (exact) mass is 430 g/mol. The molecular weight excluding hydrogens is 388 g/mol. The van der Waals surface area contributed by atoms with Crippen molar-refractivity contribution in [1.82, 2.24) is 15.5 Å². The van der Waals surface area contributed by atoms with Gasteiger partial charge in [-0.25, -0.2) is 0 Å². The van der Waals surface area contributed by atoms with E-state index >= 15 is 0 Å². The van der Waals surface area contributed by atoms with Gasteiger partial charge >= 0.3 is 0 Å². The summed E-state index contributed by atoms with van der Waals surface area (Å²) in [6.07, 6.45) is 2.94. The van der Waals surface area contributed by atoms with Gasteiger partial charge < -0.3 is 20.1 Å². The first-order chi connectivity index (χ1) is 14.8. The maximum Gasteiger partial charge on any atom is 0.191 e. The Bertz CT molecular complexity index is 716. The Kier molecular flexibility index (Phi) is 8.76. The zero-order valence-electron chi connectivity index (χ0n) is 20.1. The molecule has 2 N–H and O–H groups in total. The van der Waals surface area contributed by atoms with Gasteiger partial charge in [0.2, 0.25) is 0 Å². The lowest BCUT2D eigenvalue weighted by Crippen LogP contribution is -2.47. The van der Waals surface area contributed by atoms with Crippen LogP contribution in [-0.2, 0) is 22.6 Å². The molecule has 0 bridgehead atoms. The minimum atomic E-state index is 0.155. The van der Waals surface area contributed by atoms with Crippen LogP contribution in [0.3, 0.4) is 0 Å². The Morgan fingerprint density at radius 2 is 1.97 bits per heavy atom. The number of rotatable bonds is 6. The van der Waals surface area contributed by atoms with E-state index in [4.69, 9.17) is 9.47 Å². The SMILES string of the molecule is CN=C(NCc1cccc(CN2CCOC(C)C2)c1)NCC1CCCOC1C(C)(C)C. The molecule has 2 saturated heterocycles. The lowest BCUT2D eigenvalue weighted by atomic mass is 9.78. The van der Waals surface area contributed by atoms with E-state index in [0.717, 1.165) is 58.3 Å². The summed E-state index contributed by atoms with van der Waals surface area (Å²) < 4.78 is 11.8. The van der Waals surface area contributed by atoms with Crippen molar-refractivity contribution < 1.29 is 9.47 Å². The summed E-state index contributed by atoms with van der Waals surface area (Å²) >= 11 is 0. The lowest BCUT2D eigenvalue weighted by Gasteiger charge is -2.40. The molecule has 3 rings (SSSR count). The van der Waals surface area contributed by atoms with Gasteiger partial charge in [-0.2, -0.15) is 0 Å². The number of aliphatic imine (C=N–C) groups is 1. The Balaban J connectivity index is 1.49. The Morgan fingerprint density at radius 3 is 2.71 bits per heavy atom. The van der Waals surface area contributed by atoms with Crippen LogP contribution in [0.1, 0.15) is 51.7 Å². The van der Waals surface area contributed by atoms with Crippen molar-refractivity contribution in [3.8, 4) is 0 Å². The highest BCUT2D eigenvalue weighted by Crippen LogP contribution is 2.33. The maximum atomic E-state index is 6.12. The largest absolute Gasteiger partial charge is 0.377 e. The first kappa shape index (κ1) is 24.0. The second-order valence-electron chi connectivity index (χ2n) is 10.1. The Hall–Kier alpha value is -1.63. The summed E-state index contributed by atoms with van der Waals surface area (Å²) in [5.41, 5.74) is 2.78. The van der Waals surface area contributed by atoms with Crippen LogP contribution < -0.4 is 10.6 Å². The zero-order chi connectivity index (χ0) is 22.3. The van der Waals surface area contributed by atoms with E-state index in [9.17, 15) is 0 Å². The minimum absolute atomic E-state index is 0.155. The fourth-order valence-corrected chi connectivity index (χ4v) is 4.77. The van der Waals surface area contributed by atoms with E-state index < -0.39 is 0 Å². The maximum absolute atomic E-state index is 6.12. The minimum Gasteiger partial charge on any atom is -0.377 e. The highest BCUT2D eigenvalue weighted by Gasteiger charge is 2.35. The van der Waals surface area contributed by atoms with Gasteiger partial charge in [0.05, 0.1) is 18.8 Å². The molecule has 0 saturated carbocycles. The molecule has 0 radical (unpaired) electrons. The molecule has 0 aromatic heterocycles. The number of benzene rings is 1. The van der Waals surface area contributed by atoms with Crippen LogP contribution in [0, 0.1) is 11.3 Å². The molecular formula is C25H42N4O2. The van der Waals surface area contributed by atoms with Gasteiger partial charge in [0.1, 0.15) is 0 Å². The fourth-order valence-electron chi connectivity index (χ4n) is 4.77. The lowest BCUT2D eigenvalue weighted by molar-refractivity contribution is -0.0835. The van der Waals surface area contributed by atoms with E-state index in [0.29, 0.717) is 12.0 Å². The van der Waals surface area contributed by atoms with Crippen molar-refractivity contribution in [2.24, 2.45) is 16.3 Å². The topological polar surface area (TPSA) is 58.1 Å². The van der Waals surface area contributed by atoms with E-state index in [1.807, 2.05) is 7.05 Å². The highest BCUT2D eigenvalue weighted by molar-refractivity contribution is 5.79. The highest BCUT2D eigenvalue weighted by atomic mass is 16.5. The molecule has 0 amide bonds. The average molecular weight is 431 g/mol. The van der Waals surface area contributed by atoms with Crippen molar-refractivity contribution in [2.45, 2.75) is 65.8 Å². The van der Waals surface area contributed by atoms with E-state index in [-0.39, 0.29) is 11.5 Å². The molecule has 0 aliphatic carbocycles. The smallest absolute Gasteiger partial charge is 0.191 e. The van der Waals surface area contributed by atoms with Crippen LogP contribution >= 0.6 is 0 Å². The van der Waals surface area contributed by atoms with Crippen LogP contribution in [0.15, 0.2) is 29.3 Å². The first-order valence-corrected chi connectivity index (χ1v) is 11.8. The molecule has 174 valence electrons. The molecule has 1 aromatic rings. The van der Waals surface area contributed by atoms with Crippen molar-refractivity contribution in [3.63, 3.8) is 0 Å². The van der Waals surface area contributed by atoms with E-state index in [1.54, 1.807) is 0 Å². The van der Waals surface area contributed by atoms with Gasteiger partial charge in [-0.15, -0.1) is 0 Å². The molecule has 6 nitrogen and oxygen atoms in total. The normalized spacial score (nSPS) is 26.0.